The highest BCUT2D eigenvalue weighted by Crippen LogP contribution is 2.19. The van der Waals surface area contributed by atoms with E-state index in [4.69, 9.17) is 14.2 Å². The van der Waals surface area contributed by atoms with E-state index >= 15 is 0 Å². The number of hydrogen-bond donors (Lipinski definition) is 0. The maximum absolute atomic E-state index is 12.9. The van der Waals surface area contributed by atoms with Crippen LogP contribution in [0.15, 0.2) is 0 Å². The Morgan fingerprint density at radius 1 is 0.264 bits per heavy atom. The van der Waals surface area contributed by atoms with Crippen molar-refractivity contribution in [1.82, 2.24) is 0 Å². The van der Waals surface area contributed by atoms with E-state index in [1.165, 1.54) is 263 Å². The third-order valence-corrected chi connectivity index (χ3v) is 15.2. The third kappa shape index (κ3) is 59.3. The summed E-state index contributed by atoms with van der Waals surface area (Å²) >= 11 is 0. The van der Waals surface area contributed by atoms with E-state index in [9.17, 15) is 14.4 Å². The van der Waals surface area contributed by atoms with Gasteiger partial charge in [0.1, 0.15) is 13.2 Å². The molecule has 1 atom stereocenters. The van der Waals surface area contributed by atoms with Gasteiger partial charge in [-0.2, -0.15) is 0 Å². The summed E-state index contributed by atoms with van der Waals surface area (Å²) in [6.07, 6.45) is 65.3. The van der Waals surface area contributed by atoms with Gasteiger partial charge in [-0.25, -0.2) is 0 Å². The average Bonchev–Trinajstić information content (AvgIpc) is 3.36. The first-order valence-electron chi connectivity index (χ1n) is 32.7. The second kappa shape index (κ2) is 58.7. The summed E-state index contributed by atoms with van der Waals surface area (Å²) in [5.41, 5.74) is 0. The van der Waals surface area contributed by atoms with Crippen LogP contribution in [0.5, 0.6) is 0 Å². The normalized spacial score (nSPS) is 12.0. The zero-order valence-electron chi connectivity index (χ0n) is 49.6. The second-order valence-corrected chi connectivity index (χ2v) is 23.7. The predicted molar refractivity (Wildman–Crippen MR) is 312 cm³/mol. The monoisotopic (exact) mass is 1020 g/mol. The van der Waals surface area contributed by atoms with Crippen molar-refractivity contribution in [3.8, 4) is 0 Å². The number of hydrogen-bond acceptors (Lipinski definition) is 6. The van der Waals surface area contributed by atoms with Gasteiger partial charge in [0.15, 0.2) is 6.10 Å². The molecule has 0 aliphatic rings. The van der Waals surface area contributed by atoms with Crippen LogP contribution in [0.3, 0.4) is 0 Å². The van der Waals surface area contributed by atoms with E-state index in [-0.39, 0.29) is 31.1 Å². The molecule has 0 aromatic carbocycles. The lowest BCUT2D eigenvalue weighted by Crippen LogP contribution is -2.30. The van der Waals surface area contributed by atoms with Crippen LogP contribution in [-0.2, 0) is 28.6 Å². The fourth-order valence-electron chi connectivity index (χ4n) is 10.3. The highest BCUT2D eigenvalue weighted by Gasteiger charge is 2.19. The van der Waals surface area contributed by atoms with Gasteiger partial charge in [-0.05, 0) is 31.1 Å². The van der Waals surface area contributed by atoms with Gasteiger partial charge in [0.25, 0.3) is 0 Å². The van der Waals surface area contributed by atoms with Crippen LogP contribution in [0.4, 0.5) is 0 Å². The number of ether oxygens (including phenoxy) is 3. The zero-order chi connectivity index (χ0) is 52.5. The van der Waals surface area contributed by atoms with E-state index in [0.717, 1.165) is 69.6 Å². The lowest BCUT2D eigenvalue weighted by molar-refractivity contribution is -0.167. The highest BCUT2D eigenvalue weighted by molar-refractivity contribution is 5.71. The van der Waals surface area contributed by atoms with Crippen LogP contribution in [0.2, 0.25) is 0 Å². The van der Waals surface area contributed by atoms with Gasteiger partial charge in [0.05, 0.1) is 0 Å². The maximum Gasteiger partial charge on any atom is 0.306 e. The first-order valence-corrected chi connectivity index (χ1v) is 32.7. The largest absolute Gasteiger partial charge is 0.462 e. The molecule has 0 saturated carbocycles. The number of rotatable bonds is 60. The molecular weight excluding hydrogens is 889 g/mol. The maximum atomic E-state index is 12.9. The molecule has 0 heterocycles. The molecule has 0 N–H and O–H groups in total. The first-order chi connectivity index (χ1) is 35.2. The van der Waals surface area contributed by atoms with E-state index < -0.39 is 6.10 Å². The molecule has 0 saturated heterocycles. The Kier molecular flexibility index (Phi) is 57.4. The Hall–Kier alpha value is -1.59. The van der Waals surface area contributed by atoms with Crippen molar-refractivity contribution >= 4 is 17.9 Å². The molecule has 0 spiro atoms. The van der Waals surface area contributed by atoms with Crippen molar-refractivity contribution in [3.05, 3.63) is 0 Å². The fraction of sp³-hybridized carbons (Fsp3) is 0.955. The summed E-state index contributed by atoms with van der Waals surface area (Å²) in [6.45, 7) is 11.5. The highest BCUT2D eigenvalue weighted by atomic mass is 16.6. The van der Waals surface area contributed by atoms with E-state index in [1.54, 1.807) is 0 Å². The molecule has 6 nitrogen and oxygen atoms in total. The summed E-state index contributed by atoms with van der Waals surface area (Å²) in [5.74, 6) is 0.869. The molecule has 0 aromatic rings. The van der Waals surface area contributed by atoms with E-state index in [1.807, 2.05) is 0 Å². The van der Waals surface area contributed by atoms with E-state index in [0.29, 0.717) is 19.3 Å². The molecular formula is C66H128O6. The summed E-state index contributed by atoms with van der Waals surface area (Å²) in [6, 6.07) is 0. The summed E-state index contributed by atoms with van der Waals surface area (Å²) < 4.78 is 17.0. The van der Waals surface area contributed by atoms with Gasteiger partial charge in [-0.1, -0.05) is 336 Å². The minimum Gasteiger partial charge on any atom is -0.462 e. The number of carbonyl (C=O) groups excluding carboxylic acids is 3. The molecule has 0 aliphatic carbocycles. The summed E-state index contributed by atoms with van der Waals surface area (Å²) in [4.78, 5) is 38.4. The molecule has 0 unspecified atom stereocenters. The molecule has 0 aliphatic heterocycles. The van der Waals surface area contributed by atoms with Crippen molar-refractivity contribution in [2.75, 3.05) is 13.2 Å². The third-order valence-electron chi connectivity index (χ3n) is 15.2. The second-order valence-electron chi connectivity index (χ2n) is 23.7. The van der Waals surface area contributed by atoms with E-state index in [2.05, 4.69) is 34.6 Å². The summed E-state index contributed by atoms with van der Waals surface area (Å²) in [7, 11) is 0. The Labute approximate surface area is 450 Å². The van der Waals surface area contributed by atoms with Gasteiger partial charge in [0, 0.05) is 19.3 Å². The molecule has 428 valence electrons. The predicted octanol–water partition coefficient (Wildman–Crippen LogP) is 22.0. The molecule has 0 rings (SSSR count). The Morgan fingerprint density at radius 3 is 0.681 bits per heavy atom. The number of carbonyl (C=O) groups is 3. The minimum atomic E-state index is -0.764. The number of esters is 3. The SMILES string of the molecule is CCCCCCCCCCCCCCCCCCCCC(=O)O[C@@H](COC(=O)CCCCCCCCCCCCCCCCCCC(C)C)COC(=O)CCCCCCCCCCCCCCCCC(C)C. The van der Waals surface area contributed by atoms with Crippen molar-refractivity contribution in [1.29, 1.82) is 0 Å². The van der Waals surface area contributed by atoms with Crippen LogP contribution < -0.4 is 0 Å². The Balaban J connectivity index is 4.29. The Morgan fingerprint density at radius 2 is 0.458 bits per heavy atom. The van der Waals surface area contributed by atoms with Gasteiger partial charge in [-0.15, -0.1) is 0 Å². The van der Waals surface area contributed by atoms with Crippen LogP contribution in [0, 0.1) is 11.8 Å². The average molecular weight is 1020 g/mol. The molecule has 0 bridgehead atoms. The van der Waals surface area contributed by atoms with Crippen molar-refractivity contribution in [2.45, 2.75) is 381 Å². The van der Waals surface area contributed by atoms with Crippen molar-refractivity contribution in [2.24, 2.45) is 11.8 Å². The molecule has 0 fully saturated rings. The molecule has 0 aromatic heterocycles. The fourth-order valence-corrected chi connectivity index (χ4v) is 10.3. The molecule has 0 radical (unpaired) electrons. The standard InChI is InChI=1S/C66H128O6/c1-6-7-8-9-10-11-12-13-14-15-16-21-28-33-38-43-48-53-58-66(69)72-63(60-71-65(68)57-52-47-42-37-32-27-23-22-25-30-35-40-45-50-55-62(4)5)59-70-64(67)56-51-46-41-36-31-26-20-18-17-19-24-29-34-39-44-49-54-61(2)3/h61-63H,6-60H2,1-5H3/t63-/m0/s1. The van der Waals surface area contributed by atoms with Gasteiger partial charge < -0.3 is 14.2 Å². The molecule has 72 heavy (non-hydrogen) atoms. The van der Waals surface area contributed by atoms with Crippen LogP contribution in [-0.4, -0.2) is 37.2 Å². The van der Waals surface area contributed by atoms with Gasteiger partial charge in [0.2, 0.25) is 0 Å². The molecule has 6 heteroatoms. The van der Waals surface area contributed by atoms with Crippen molar-refractivity contribution in [3.63, 3.8) is 0 Å². The van der Waals surface area contributed by atoms with Gasteiger partial charge >= 0.3 is 17.9 Å². The lowest BCUT2D eigenvalue weighted by atomic mass is 10.0. The van der Waals surface area contributed by atoms with Gasteiger partial charge in [-0.3, -0.25) is 14.4 Å². The molecule has 0 amide bonds. The topological polar surface area (TPSA) is 78.9 Å². The van der Waals surface area contributed by atoms with Crippen LogP contribution >= 0.6 is 0 Å². The Bertz CT molecular complexity index is 1100. The first kappa shape index (κ1) is 70.4. The zero-order valence-corrected chi connectivity index (χ0v) is 49.6. The summed E-state index contributed by atoms with van der Waals surface area (Å²) in [5, 5.41) is 0. The lowest BCUT2D eigenvalue weighted by Gasteiger charge is -2.18. The van der Waals surface area contributed by atoms with Crippen molar-refractivity contribution < 1.29 is 28.6 Å². The quantitative estimate of drug-likeness (QED) is 0.0343. The van der Waals surface area contributed by atoms with Crippen LogP contribution in [0.25, 0.3) is 0 Å². The van der Waals surface area contributed by atoms with Crippen LogP contribution in [0.1, 0.15) is 375 Å². The minimum absolute atomic E-state index is 0.0616. The smallest absolute Gasteiger partial charge is 0.306 e. The number of unbranched alkanes of at least 4 members (excludes halogenated alkanes) is 45.